The molecular weight excluding hydrogens is 400 g/mol. The molecule has 0 spiro atoms. The molecule has 7 nitrogen and oxygen atoms in total. The highest BCUT2D eigenvalue weighted by Gasteiger charge is 2.42. The van der Waals surface area contributed by atoms with E-state index in [0.717, 1.165) is 43.1 Å². The van der Waals surface area contributed by atoms with Crippen LogP contribution in [-0.2, 0) is 21.2 Å². The van der Waals surface area contributed by atoms with Crippen LogP contribution in [0.5, 0.6) is 0 Å². The number of fused-ring (bicyclic) bond motifs is 2. The van der Waals surface area contributed by atoms with Gasteiger partial charge in [-0.3, -0.25) is 9.10 Å². The van der Waals surface area contributed by atoms with E-state index in [-0.39, 0.29) is 22.8 Å². The summed E-state index contributed by atoms with van der Waals surface area (Å²) in [6.45, 7) is 5.69. The maximum Gasteiger partial charge on any atom is 0.264 e. The summed E-state index contributed by atoms with van der Waals surface area (Å²) >= 11 is 0. The zero-order valence-corrected chi connectivity index (χ0v) is 17.8. The van der Waals surface area contributed by atoms with Gasteiger partial charge >= 0.3 is 0 Å². The number of hydrogen-bond acceptors (Lipinski definition) is 5. The van der Waals surface area contributed by atoms with Crippen LogP contribution in [0.15, 0.2) is 59.3 Å². The molecule has 30 heavy (non-hydrogen) atoms. The van der Waals surface area contributed by atoms with Crippen molar-refractivity contribution in [3.8, 4) is 0 Å². The molecule has 2 atom stereocenters. The van der Waals surface area contributed by atoms with Gasteiger partial charge in [0.1, 0.15) is 0 Å². The average molecular weight is 427 g/mol. The summed E-state index contributed by atoms with van der Waals surface area (Å²) in [7, 11) is -3.71. The second kappa shape index (κ2) is 7.28. The number of sulfonamides is 1. The Morgan fingerprint density at radius 2 is 1.87 bits per heavy atom. The third kappa shape index (κ3) is 3.06. The van der Waals surface area contributed by atoms with E-state index in [9.17, 15) is 13.2 Å². The fourth-order valence-electron chi connectivity index (χ4n) is 4.85. The number of benzene rings is 1. The fourth-order valence-corrected chi connectivity index (χ4v) is 6.39. The highest BCUT2D eigenvalue weighted by atomic mass is 32.2. The molecule has 3 heterocycles. The van der Waals surface area contributed by atoms with Gasteiger partial charge in [0.15, 0.2) is 0 Å². The lowest BCUT2D eigenvalue weighted by Crippen LogP contribution is -2.44. The number of carbonyl (C=O) groups excluding carboxylic acids is 1. The number of rotatable bonds is 3. The lowest BCUT2D eigenvalue weighted by molar-refractivity contribution is -0.116. The third-order valence-electron chi connectivity index (χ3n) is 6.38. The van der Waals surface area contributed by atoms with Crippen LogP contribution in [0, 0.1) is 5.92 Å². The Kier molecular flexibility index (Phi) is 4.71. The smallest absolute Gasteiger partial charge is 0.264 e. The molecular formula is C22H26N4O3S. The Hall–Kier alpha value is -2.58. The van der Waals surface area contributed by atoms with Crippen molar-refractivity contribution >= 4 is 21.6 Å². The van der Waals surface area contributed by atoms with Crippen LogP contribution in [0.2, 0.25) is 0 Å². The summed E-state index contributed by atoms with van der Waals surface area (Å²) in [6.07, 6.45) is 10.5. The Morgan fingerprint density at radius 1 is 1.10 bits per heavy atom. The van der Waals surface area contributed by atoms with Crippen LogP contribution < -0.4 is 10.2 Å². The molecule has 4 aliphatic rings. The molecule has 8 heteroatoms. The Balaban J connectivity index is 1.50. The topological polar surface area (TPSA) is 73.0 Å². The third-order valence-corrected chi connectivity index (χ3v) is 8.14. The molecule has 1 N–H and O–H groups in total. The molecule has 0 saturated carbocycles. The number of amides is 1. The fraction of sp³-hybridized carbons (Fsp3) is 0.409. The molecule has 1 aromatic carbocycles. The molecule has 0 aromatic heterocycles. The second-order valence-electron chi connectivity index (χ2n) is 8.12. The molecule has 1 aromatic rings. The van der Waals surface area contributed by atoms with E-state index in [1.165, 1.54) is 11.2 Å². The van der Waals surface area contributed by atoms with Crippen molar-refractivity contribution in [1.29, 1.82) is 0 Å². The molecule has 5 rings (SSSR count). The number of hydrogen-bond donors (Lipinski definition) is 1. The molecule has 1 fully saturated rings. The predicted octanol–water partition coefficient (Wildman–Crippen LogP) is 1.46. The summed E-state index contributed by atoms with van der Waals surface area (Å²) in [5.41, 5.74) is 2.79. The molecule has 3 aliphatic heterocycles. The van der Waals surface area contributed by atoms with Crippen molar-refractivity contribution in [2.45, 2.75) is 24.3 Å². The second-order valence-corrected chi connectivity index (χ2v) is 9.97. The van der Waals surface area contributed by atoms with Crippen molar-refractivity contribution in [3.05, 3.63) is 60.0 Å². The SMILES string of the molecule is CC(=O)N1CCc2cc(S(=O)(=O)N3C=C(N4CCNCC4)C4C=CC=CC43)ccc21. The number of piperazine rings is 1. The van der Waals surface area contributed by atoms with E-state index in [0.29, 0.717) is 13.0 Å². The molecule has 0 bridgehead atoms. The van der Waals surface area contributed by atoms with E-state index in [2.05, 4.69) is 16.3 Å². The predicted molar refractivity (Wildman–Crippen MR) is 115 cm³/mol. The Morgan fingerprint density at radius 3 is 2.63 bits per heavy atom. The summed E-state index contributed by atoms with van der Waals surface area (Å²) < 4.78 is 28.8. The van der Waals surface area contributed by atoms with Crippen molar-refractivity contribution in [2.75, 3.05) is 37.6 Å². The van der Waals surface area contributed by atoms with Gasteiger partial charge in [0, 0.05) is 63.1 Å². The minimum Gasteiger partial charge on any atom is -0.371 e. The summed E-state index contributed by atoms with van der Waals surface area (Å²) in [5.74, 6) is 0.0139. The average Bonchev–Trinajstić information content (AvgIpc) is 3.36. The monoisotopic (exact) mass is 426 g/mol. The molecule has 1 saturated heterocycles. The number of anilines is 1. The highest BCUT2D eigenvalue weighted by molar-refractivity contribution is 7.89. The van der Waals surface area contributed by atoms with Crippen LogP contribution in [0.4, 0.5) is 5.69 Å². The van der Waals surface area contributed by atoms with Crippen LogP contribution in [-0.4, -0.2) is 62.3 Å². The molecule has 1 amide bonds. The maximum atomic E-state index is 13.6. The first-order valence-electron chi connectivity index (χ1n) is 10.4. The Bertz CT molecular complexity index is 1070. The number of carbonyl (C=O) groups is 1. The highest BCUT2D eigenvalue weighted by Crippen LogP contribution is 2.39. The Labute approximate surface area is 177 Å². The van der Waals surface area contributed by atoms with E-state index in [1.54, 1.807) is 23.1 Å². The van der Waals surface area contributed by atoms with Crippen LogP contribution in [0.25, 0.3) is 0 Å². The number of allylic oxidation sites excluding steroid dienone is 2. The van der Waals surface area contributed by atoms with Crippen LogP contribution >= 0.6 is 0 Å². The van der Waals surface area contributed by atoms with E-state index < -0.39 is 10.0 Å². The summed E-state index contributed by atoms with van der Waals surface area (Å²) in [6, 6.07) is 4.89. The molecule has 158 valence electrons. The lowest BCUT2D eigenvalue weighted by Gasteiger charge is -2.33. The quantitative estimate of drug-likeness (QED) is 0.792. The van der Waals surface area contributed by atoms with Gasteiger partial charge in [-0.1, -0.05) is 24.3 Å². The van der Waals surface area contributed by atoms with Crippen molar-refractivity contribution < 1.29 is 13.2 Å². The van der Waals surface area contributed by atoms with Crippen molar-refractivity contribution in [2.24, 2.45) is 5.92 Å². The summed E-state index contributed by atoms with van der Waals surface area (Å²) in [5, 5.41) is 3.35. The standard InChI is InChI=1S/C22H26N4O3S/c1-16(27)25-11-8-17-14-18(6-7-20(17)25)30(28,29)26-15-22(24-12-9-23-10-13-24)19-4-2-3-5-21(19)26/h2-7,14-15,19,21,23H,8-13H2,1H3. The number of nitrogens with zero attached hydrogens (tertiary/aromatic N) is 3. The minimum atomic E-state index is -3.71. The van der Waals surface area contributed by atoms with E-state index in [4.69, 9.17) is 0 Å². The first-order valence-corrected chi connectivity index (χ1v) is 11.9. The molecule has 0 radical (unpaired) electrons. The van der Waals surface area contributed by atoms with Gasteiger partial charge in [0.05, 0.1) is 10.9 Å². The largest absolute Gasteiger partial charge is 0.371 e. The first-order chi connectivity index (χ1) is 14.5. The number of nitrogens with one attached hydrogen (secondary N) is 1. The zero-order chi connectivity index (χ0) is 20.9. The van der Waals surface area contributed by atoms with Gasteiger partial charge in [-0.2, -0.15) is 0 Å². The zero-order valence-electron chi connectivity index (χ0n) is 17.0. The van der Waals surface area contributed by atoms with Crippen LogP contribution in [0.3, 0.4) is 0 Å². The van der Waals surface area contributed by atoms with Gasteiger partial charge in [-0.25, -0.2) is 8.42 Å². The maximum absolute atomic E-state index is 13.6. The van der Waals surface area contributed by atoms with Crippen molar-refractivity contribution in [3.63, 3.8) is 0 Å². The summed E-state index contributed by atoms with van der Waals surface area (Å²) in [4.78, 5) is 16.1. The van der Waals surface area contributed by atoms with E-state index in [1.807, 2.05) is 24.4 Å². The normalized spacial score (nSPS) is 25.4. The van der Waals surface area contributed by atoms with Crippen LogP contribution in [0.1, 0.15) is 12.5 Å². The first kappa shape index (κ1) is 19.4. The van der Waals surface area contributed by atoms with Gasteiger partial charge in [0.2, 0.25) is 5.91 Å². The molecule has 1 aliphatic carbocycles. The van der Waals surface area contributed by atoms with E-state index >= 15 is 0 Å². The van der Waals surface area contributed by atoms with Crippen molar-refractivity contribution in [1.82, 2.24) is 14.5 Å². The van der Waals surface area contributed by atoms with Gasteiger partial charge in [0.25, 0.3) is 10.0 Å². The minimum absolute atomic E-state index is 0.0190. The van der Waals surface area contributed by atoms with Gasteiger partial charge in [-0.05, 0) is 30.2 Å². The van der Waals surface area contributed by atoms with Gasteiger partial charge in [-0.15, -0.1) is 0 Å². The molecule has 2 unspecified atom stereocenters. The van der Waals surface area contributed by atoms with Gasteiger partial charge < -0.3 is 15.1 Å². The lowest BCUT2D eigenvalue weighted by atomic mass is 9.94.